The second kappa shape index (κ2) is 7.78. The van der Waals surface area contributed by atoms with Gasteiger partial charge in [-0.15, -0.1) is 0 Å². The first kappa shape index (κ1) is 18.3. The normalized spacial score (nSPS) is 19.6. The van der Waals surface area contributed by atoms with Crippen molar-refractivity contribution in [3.8, 4) is 0 Å². The number of aromatic nitrogens is 2. The van der Waals surface area contributed by atoms with Crippen LogP contribution in [0.3, 0.4) is 0 Å². The number of halogens is 1. The molecule has 0 saturated carbocycles. The van der Waals surface area contributed by atoms with Gasteiger partial charge in [-0.1, -0.05) is 12.1 Å². The van der Waals surface area contributed by atoms with Gasteiger partial charge in [0.1, 0.15) is 23.6 Å². The van der Waals surface area contributed by atoms with Crippen molar-refractivity contribution in [2.75, 3.05) is 24.5 Å². The third-order valence-corrected chi connectivity index (χ3v) is 4.59. The van der Waals surface area contributed by atoms with Crippen LogP contribution in [0.4, 0.5) is 10.2 Å². The second-order valence-corrected chi connectivity index (χ2v) is 6.82. The average molecular weight is 358 g/mol. The SMILES string of the molecule is Cc1cc(N2CCC(O)(CNC(=O)CCc3cccc(F)c3)C2)ncn1. The summed E-state index contributed by atoms with van der Waals surface area (Å²) in [5, 5.41) is 13.5. The average Bonchev–Trinajstić information content (AvgIpc) is 3.01. The number of amides is 1. The molecule has 1 amide bonds. The van der Waals surface area contributed by atoms with E-state index in [-0.39, 0.29) is 24.7 Å². The smallest absolute Gasteiger partial charge is 0.220 e. The van der Waals surface area contributed by atoms with Crippen LogP contribution in [0.2, 0.25) is 0 Å². The van der Waals surface area contributed by atoms with E-state index in [9.17, 15) is 14.3 Å². The van der Waals surface area contributed by atoms with Crippen molar-refractivity contribution in [1.82, 2.24) is 15.3 Å². The number of anilines is 1. The molecule has 1 aliphatic heterocycles. The van der Waals surface area contributed by atoms with E-state index in [0.717, 1.165) is 17.1 Å². The van der Waals surface area contributed by atoms with E-state index < -0.39 is 5.60 Å². The van der Waals surface area contributed by atoms with E-state index in [0.29, 0.717) is 25.9 Å². The van der Waals surface area contributed by atoms with Crippen LogP contribution in [0.5, 0.6) is 0 Å². The summed E-state index contributed by atoms with van der Waals surface area (Å²) in [4.78, 5) is 22.4. The molecule has 6 nitrogen and oxygen atoms in total. The highest BCUT2D eigenvalue weighted by atomic mass is 19.1. The van der Waals surface area contributed by atoms with Crippen molar-refractivity contribution >= 4 is 11.7 Å². The highest BCUT2D eigenvalue weighted by Gasteiger charge is 2.36. The van der Waals surface area contributed by atoms with Crippen LogP contribution in [-0.2, 0) is 11.2 Å². The predicted molar refractivity (Wildman–Crippen MR) is 96.3 cm³/mol. The Kier molecular flexibility index (Phi) is 5.46. The Morgan fingerprint density at radius 2 is 2.23 bits per heavy atom. The van der Waals surface area contributed by atoms with E-state index in [1.54, 1.807) is 12.1 Å². The van der Waals surface area contributed by atoms with Crippen LogP contribution in [0.15, 0.2) is 36.7 Å². The van der Waals surface area contributed by atoms with Gasteiger partial charge in [-0.05, 0) is 37.5 Å². The first-order valence-electron chi connectivity index (χ1n) is 8.71. The zero-order valence-electron chi connectivity index (χ0n) is 14.8. The van der Waals surface area contributed by atoms with E-state index in [1.807, 2.05) is 17.9 Å². The van der Waals surface area contributed by atoms with Crippen LogP contribution < -0.4 is 10.2 Å². The van der Waals surface area contributed by atoms with Gasteiger partial charge in [-0.2, -0.15) is 0 Å². The molecule has 0 aliphatic carbocycles. The van der Waals surface area contributed by atoms with Crippen molar-refractivity contribution in [1.29, 1.82) is 0 Å². The van der Waals surface area contributed by atoms with E-state index in [2.05, 4.69) is 15.3 Å². The second-order valence-electron chi connectivity index (χ2n) is 6.82. The summed E-state index contributed by atoms with van der Waals surface area (Å²) in [7, 11) is 0. The molecule has 1 aromatic heterocycles. The number of nitrogens with zero attached hydrogens (tertiary/aromatic N) is 3. The van der Waals surface area contributed by atoms with Crippen molar-refractivity contribution in [2.45, 2.75) is 31.8 Å². The molecule has 7 heteroatoms. The lowest BCUT2D eigenvalue weighted by Gasteiger charge is -2.24. The molecule has 2 heterocycles. The Bertz CT molecular complexity index is 786. The fraction of sp³-hybridized carbons (Fsp3) is 0.421. The summed E-state index contributed by atoms with van der Waals surface area (Å²) >= 11 is 0. The van der Waals surface area contributed by atoms with Crippen molar-refractivity contribution in [3.63, 3.8) is 0 Å². The van der Waals surface area contributed by atoms with Crippen LogP contribution in [0, 0.1) is 12.7 Å². The lowest BCUT2D eigenvalue weighted by molar-refractivity contribution is -0.122. The molecule has 2 aromatic rings. The summed E-state index contributed by atoms with van der Waals surface area (Å²) in [5.41, 5.74) is 0.675. The van der Waals surface area contributed by atoms with E-state index in [4.69, 9.17) is 0 Å². The summed E-state index contributed by atoms with van der Waals surface area (Å²) in [6.45, 7) is 3.17. The zero-order valence-corrected chi connectivity index (χ0v) is 14.8. The van der Waals surface area contributed by atoms with Gasteiger partial charge in [0, 0.05) is 37.8 Å². The number of hydrogen-bond acceptors (Lipinski definition) is 5. The van der Waals surface area contributed by atoms with Gasteiger partial charge >= 0.3 is 0 Å². The molecule has 1 fully saturated rings. The van der Waals surface area contributed by atoms with Gasteiger partial charge in [-0.3, -0.25) is 4.79 Å². The van der Waals surface area contributed by atoms with Crippen molar-refractivity contribution in [2.24, 2.45) is 0 Å². The van der Waals surface area contributed by atoms with Crippen molar-refractivity contribution < 1.29 is 14.3 Å². The predicted octanol–water partition coefficient (Wildman–Crippen LogP) is 1.61. The minimum atomic E-state index is -0.979. The standard InChI is InChI=1S/C19H23FN4O2/c1-14-9-17(23-13-22-14)24-8-7-19(26,12-24)11-21-18(25)6-5-15-3-2-4-16(20)10-15/h2-4,9-10,13,26H,5-8,11-12H2,1H3,(H,21,25). The maximum Gasteiger partial charge on any atom is 0.220 e. The maximum atomic E-state index is 13.1. The molecule has 1 aliphatic rings. The Balaban J connectivity index is 1.47. The molecular weight excluding hydrogens is 335 g/mol. The molecule has 1 aromatic carbocycles. The number of hydrogen-bond donors (Lipinski definition) is 2. The molecule has 2 N–H and O–H groups in total. The third kappa shape index (κ3) is 4.76. The summed E-state index contributed by atoms with van der Waals surface area (Å²) in [6, 6.07) is 8.11. The first-order chi connectivity index (χ1) is 12.4. The maximum absolute atomic E-state index is 13.1. The number of aryl methyl sites for hydroxylation is 2. The largest absolute Gasteiger partial charge is 0.386 e. The molecule has 0 radical (unpaired) electrons. The molecule has 26 heavy (non-hydrogen) atoms. The third-order valence-electron chi connectivity index (χ3n) is 4.59. The summed E-state index contributed by atoms with van der Waals surface area (Å²) in [5.74, 6) is 0.327. The molecule has 1 atom stereocenters. The number of carbonyl (C=O) groups is 1. The van der Waals surface area contributed by atoms with Gasteiger partial charge in [-0.25, -0.2) is 14.4 Å². The minimum Gasteiger partial charge on any atom is -0.386 e. The van der Waals surface area contributed by atoms with E-state index >= 15 is 0 Å². The molecule has 0 spiro atoms. The van der Waals surface area contributed by atoms with Gasteiger partial charge in [0.05, 0.1) is 0 Å². The fourth-order valence-electron chi connectivity index (χ4n) is 3.11. The zero-order chi connectivity index (χ0) is 18.6. The monoisotopic (exact) mass is 358 g/mol. The highest BCUT2D eigenvalue weighted by Crippen LogP contribution is 2.25. The van der Waals surface area contributed by atoms with E-state index in [1.165, 1.54) is 18.5 Å². The number of aliphatic hydroxyl groups is 1. The number of β-amino-alcohol motifs (C(OH)–C–C–N with tert-alkyl or cyclic N) is 1. The molecule has 1 saturated heterocycles. The lowest BCUT2D eigenvalue weighted by atomic mass is 10.0. The first-order valence-corrected chi connectivity index (χ1v) is 8.71. The minimum absolute atomic E-state index is 0.154. The van der Waals surface area contributed by atoms with Gasteiger partial charge in [0.25, 0.3) is 0 Å². The highest BCUT2D eigenvalue weighted by molar-refractivity contribution is 5.76. The number of carbonyl (C=O) groups excluding carboxylic acids is 1. The van der Waals surface area contributed by atoms with Crippen LogP contribution in [0.25, 0.3) is 0 Å². The number of nitrogens with one attached hydrogen (secondary N) is 1. The molecule has 3 rings (SSSR count). The molecule has 1 unspecified atom stereocenters. The lowest BCUT2D eigenvalue weighted by Crippen LogP contribution is -2.45. The molecular formula is C19H23FN4O2. The Labute approximate surface area is 152 Å². The van der Waals surface area contributed by atoms with Crippen LogP contribution in [0.1, 0.15) is 24.1 Å². The number of rotatable bonds is 6. The number of benzene rings is 1. The summed E-state index contributed by atoms with van der Waals surface area (Å²) < 4.78 is 13.1. The topological polar surface area (TPSA) is 78.4 Å². The van der Waals surface area contributed by atoms with Crippen LogP contribution in [-0.4, -0.2) is 46.2 Å². The van der Waals surface area contributed by atoms with Gasteiger partial charge in [0.15, 0.2) is 0 Å². The molecule has 0 bridgehead atoms. The Hall–Kier alpha value is -2.54. The van der Waals surface area contributed by atoms with Gasteiger partial charge < -0.3 is 15.3 Å². The quantitative estimate of drug-likeness (QED) is 0.820. The van der Waals surface area contributed by atoms with Crippen LogP contribution >= 0.6 is 0 Å². The summed E-state index contributed by atoms with van der Waals surface area (Å²) in [6.07, 6.45) is 2.79. The van der Waals surface area contributed by atoms with Crippen molar-refractivity contribution in [3.05, 3.63) is 53.7 Å². The fourth-order valence-corrected chi connectivity index (χ4v) is 3.11. The molecule has 138 valence electrons. The van der Waals surface area contributed by atoms with Gasteiger partial charge in [0.2, 0.25) is 5.91 Å². The Morgan fingerprint density at radius 3 is 3.00 bits per heavy atom. The Morgan fingerprint density at radius 1 is 1.38 bits per heavy atom.